The van der Waals surface area contributed by atoms with Crippen LogP contribution in [-0.4, -0.2) is 56.7 Å². The summed E-state index contributed by atoms with van der Waals surface area (Å²) in [6, 6.07) is 14.4. The maximum atomic E-state index is 13.2. The highest BCUT2D eigenvalue weighted by Gasteiger charge is 2.23. The van der Waals surface area contributed by atoms with Crippen LogP contribution in [0.15, 0.2) is 76.4 Å². The summed E-state index contributed by atoms with van der Waals surface area (Å²) < 4.78 is 19.7. The van der Waals surface area contributed by atoms with Gasteiger partial charge in [-0.15, -0.1) is 0 Å². The van der Waals surface area contributed by atoms with Crippen LogP contribution in [0.3, 0.4) is 0 Å². The highest BCUT2D eigenvalue weighted by atomic mass is 19.1. The van der Waals surface area contributed by atoms with Crippen molar-refractivity contribution in [2.45, 2.75) is 6.54 Å². The number of hydrogen-bond acceptors (Lipinski definition) is 7. The van der Waals surface area contributed by atoms with Crippen LogP contribution in [0.1, 0.15) is 0 Å². The minimum absolute atomic E-state index is 0.143. The Labute approximate surface area is 194 Å². The number of halogens is 1. The number of carbonyl (C=O) groups is 1. The number of rotatable bonds is 5. The van der Waals surface area contributed by atoms with E-state index in [-0.39, 0.29) is 23.8 Å². The Morgan fingerprint density at radius 3 is 2.50 bits per heavy atom. The Morgan fingerprint density at radius 2 is 1.76 bits per heavy atom. The van der Waals surface area contributed by atoms with Gasteiger partial charge in [-0.2, -0.15) is 5.10 Å². The number of piperazine rings is 1. The molecule has 0 spiro atoms. The first-order valence-corrected chi connectivity index (χ1v) is 10.8. The predicted molar refractivity (Wildman–Crippen MR) is 122 cm³/mol. The van der Waals surface area contributed by atoms with Crippen molar-refractivity contribution >= 4 is 11.7 Å². The van der Waals surface area contributed by atoms with Gasteiger partial charge < -0.3 is 14.2 Å². The van der Waals surface area contributed by atoms with Gasteiger partial charge in [0.1, 0.15) is 30.2 Å². The van der Waals surface area contributed by atoms with Gasteiger partial charge in [0, 0.05) is 43.9 Å². The van der Waals surface area contributed by atoms with E-state index in [1.165, 1.54) is 30.8 Å². The fourth-order valence-corrected chi connectivity index (χ4v) is 3.83. The monoisotopic (exact) mass is 460 g/mol. The minimum atomic E-state index is -0.350. The molecule has 1 saturated heterocycles. The molecule has 5 rings (SSSR count). The first-order valence-electron chi connectivity index (χ1n) is 10.8. The predicted octanol–water partition coefficient (Wildman–Crippen LogP) is 2.45. The highest BCUT2D eigenvalue weighted by molar-refractivity contribution is 5.76. The Hall–Kier alpha value is -4.34. The molecule has 0 saturated carbocycles. The van der Waals surface area contributed by atoms with Gasteiger partial charge in [0.05, 0.1) is 12.0 Å². The van der Waals surface area contributed by atoms with Crippen LogP contribution in [0.5, 0.6) is 0 Å². The van der Waals surface area contributed by atoms with E-state index in [2.05, 4.69) is 20.0 Å². The molecule has 34 heavy (non-hydrogen) atoms. The van der Waals surface area contributed by atoms with E-state index < -0.39 is 0 Å². The summed E-state index contributed by atoms with van der Waals surface area (Å²) in [6.45, 7) is 2.00. The van der Waals surface area contributed by atoms with Gasteiger partial charge in [0.25, 0.3) is 5.56 Å². The number of furan rings is 1. The summed E-state index contributed by atoms with van der Waals surface area (Å²) in [5, 5.41) is 4.27. The number of aromatic nitrogens is 4. The molecule has 0 radical (unpaired) electrons. The molecule has 10 heteroatoms. The normalized spacial score (nSPS) is 13.8. The quantitative estimate of drug-likeness (QED) is 0.451. The molecular weight excluding hydrogens is 439 g/mol. The third kappa shape index (κ3) is 4.56. The first kappa shape index (κ1) is 21.5. The molecule has 1 fully saturated rings. The molecule has 4 heterocycles. The van der Waals surface area contributed by atoms with Crippen LogP contribution < -0.4 is 10.5 Å². The molecule has 4 aromatic rings. The smallest absolute Gasteiger partial charge is 0.267 e. The zero-order chi connectivity index (χ0) is 23.5. The Kier molecular flexibility index (Phi) is 5.86. The number of anilines is 1. The van der Waals surface area contributed by atoms with Crippen molar-refractivity contribution in [1.82, 2.24) is 24.6 Å². The second-order valence-electron chi connectivity index (χ2n) is 7.83. The molecule has 1 aliphatic rings. The van der Waals surface area contributed by atoms with Crippen LogP contribution in [0.25, 0.3) is 22.7 Å². The van der Waals surface area contributed by atoms with Gasteiger partial charge >= 0.3 is 0 Å². The minimum Gasteiger partial charge on any atom is -0.463 e. The molecule has 0 aliphatic carbocycles. The summed E-state index contributed by atoms with van der Waals surface area (Å²) in [7, 11) is 0. The maximum Gasteiger partial charge on any atom is 0.267 e. The molecule has 0 bridgehead atoms. The van der Waals surface area contributed by atoms with Crippen molar-refractivity contribution in [2.24, 2.45) is 0 Å². The highest BCUT2D eigenvalue weighted by Crippen LogP contribution is 2.22. The number of hydrogen-bond donors (Lipinski definition) is 0. The zero-order valence-electron chi connectivity index (χ0n) is 18.2. The van der Waals surface area contributed by atoms with Gasteiger partial charge in [-0.25, -0.2) is 19.0 Å². The number of benzene rings is 1. The number of carbonyl (C=O) groups excluding carboxylic acids is 1. The van der Waals surface area contributed by atoms with Gasteiger partial charge in [-0.3, -0.25) is 9.59 Å². The average molecular weight is 460 g/mol. The van der Waals surface area contributed by atoms with Gasteiger partial charge in [-0.05, 0) is 42.5 Å². The lowest BCUT2D eigenvalue weighted by Crippen LogP contribution is -2.50. The summed E-state index contributed by atoms with van der Waals surface area (Å²) >= 11 is 0. The van der Waals surface area contributed by atoms with E-state index >= 15 is 0 Å². The molecule has 0 N–H and O–H groups in total. The summed E-state index contributed by atoms with van der Waals surface area (Å²) in [5.74, 6) is 0.787. The second-order valence-corrected chi connectivity index (χ2v) is 7.83. The first-order chi connectivity index (χ1) is 16.6. The number of amides is 1. The van der Waals surface area contributed by atoms with E-state index in [9.17, 15) is 14.0 Å². The van der Waals surface area contributed by atoms with Crippen LogP contribution in [0.2, 0.25) is 0 Å². The molecule has 1 aromatic carbocycles. The topological polar surface area (TPSA) is 97.4 Å². The van der Waals surface area contributed by atoms with Crippen molar-refractivity contribution in [2.75, 3.05) is 31.1 Å². The number of nitrogens with zero attached hydrogens (tertiary/aromatic N) is 6. The van der Waals surface area contributed by atoms with Crippen molar-refractivity contribution < 1.29 is 13.6 Å². The molecular formula is C24H21FN6O3. The third-order valence-electron chi connectivity index (χ3n) is 5.67. The van der Waals surface area contributed by atoms with Gasteiger partial charge in [0.2, 0.25) is 5.91 Å². The second kappa shape index (κ2) is 9.26. The van der Waals surface area contributed by atoms with E-state index in [0.29, 0.717) is 43.3 Å². The summed E-state index contributed by atoms with van der Waals surface area (Å²) in [6.07, 6.45) is 3.01. The lowest BCUT2D eigenvalue weighted by molar-refractivity contribution is -0.132. The molecule has 1 amide bonds. The summed E-state index contributed by atoms with van der Waals surface area (Å²) in [4.78, 5) is 37.5. The lowest BCUT2D eigenvalue weighted by atomic mass is 10.1. The molecule has 1 aliphatic heterocycles. The van der Waals surface area contributed by atoms with Gasteiger partial charge in [0.15, 0.2) is 5.76 Å². The van der Waals surface area contributed by atoms with Crippen molar-refractivity contribution in [3.8, 4) is 22.7 Å². The Balaban J connectivity index is 1.23. The van der Waals surface area contributed by atoms with E-state index in [0.717, 1.165) is 16.1 Å². The largest absolute Gasteiger partial charge is 0.463 e. The molecule has 0 atom stereocenters. The van der Waals surface area contributed by atoms with Crippen molar-refractivity contribution in [1.29, 1.82) is 0 Å². The van der Waals surface area contributed by atoms with E-state index in [1.807, 2.05) is 6.07 Å². The van der Waals surface area contributed by atoms with Crippen molar-refractivity contribution in [3.05, 3.63) is 83.4 Å². The molecule has 9 nitrogen and oxygen atoms in total. The SMILES string of the molecule is O=C(Cn1nc(-c2ccco2)ccc1=O)N1CCN(c2cc(-c3ccc(F)cc3)ncn2)CC1. The Morgan fingerprint density at radius 1 is 0.971 bits per heavy atom. The fraction of sp³-hybridized carbons (Fsp3) is 0.208. The molecule has 3 aromatic heterocycles. The van der Waals surface area contributed by atoms with Gasteiger partial charge in [-0.1, -0.05) is 0 Å². The average Bonchev–Trinajstić information content (AvgIpc) is 3.41. The fourth-order valence-electron chi connectivity index (χ4n) is 3.83. The van der Waals surface area contributed by atoms with Crippen LogP contribution in [-0.2, 0) is 11.3 Å². The third-order valence-corrected chi connectivity index (χ3v) is 5.67. The zero-order valence-corrected chi connectivity index (χ0v) is 18.2. The van der Waals surface area contributed by atoms with Crippen LogP contribution in [0.4, 0.5) is 10.2 Å². The lowest BCUT2D eigenvalue weighted by Gasteiger charge is -2.35. The van der Waals surface area contributed by atoms with Crippen LogP contribution in [0, 0.1) is 5.82 Å². The summed E-state index contributed by atoms with van der Waals surface area (Å²) in [5.41, 5.74) is 1.64. The Bertz CT molecular complexity index is 1350. The maximum absolute atomic E-state index is 13.2. The molecule has 172 valence electrons. The van der Waals surface area contributed by atoms with Crippen LogP contribution >= 0.6 is 0 Å². The standard InChI is InChI=1S/C24H21FN6O3/c25-18-5-3-17(4-6-18)20-14-22(27-16-26-20)29-9-11-30(12-10-29)24(33)15-31-23(32)8-7-19(28-31)21-2-1-13-34-21/h1-8,13-14,16H,9-12,15H2. The van der Waals surface area contributed by atoms with E-state index in [4.69, 9.17) is 4.42 Å². The van der Waals surface area contributed by atoms with Crippen molar-refractivity contribution in [3.63, 3.8) is 0 Å². The van der Waals surface area contributed by atoms with E-state index in [1.54, 1.807) is 35.2 Å². The molecule has 0 unspecified atom stereocenters.